The van der Waals surface area contributed by atoms with Crippen LogP contribution in [0.4, 0.5) is 0 Å². The lowest BCUT2D eigenvalue weighted by atomic mass is 9.90. The van der Waals surface area contributed by atoms with Crippen LogP contribution in [0, 0.1) is 0 Å². The predicted molar refractivity (Wildman–Crippen MR) is 99.0 cm³/mol. The maximum absolute atomic E-state index is 2.84. The van der Waals surface area contributed by atoms with Crippen LogP contribution in [0.15, 0.2) is 0 Å². The van der Waals surface area contributed by atoms with Crippen LogP contribution in [0.5, 0.6) is 0 Å². The van der Waals surface area contributed by atoms with Crippen LogP contribution < -0.4 is 0 Å². The first kappa shape index (κ1) is 17.3. The summed E-state index contributed by atoms with van der Waals surface area (Å²) in [4.78, 5) is 0. The fourth-order valence-corrected chi connectivity index (χ4v) is 5.56. The van der Waals surface area contributed by atoms with Gasteiger partial charge >= 0.3 is 0 Å². The maximum atomic E-state index is 2.84. The zero-order valence-corrected chi connectivity index (χ0v) is 15.7. The molecule has 138 valence electrons. The third-order valence-electron chi connectivity index (χ3n) is 6.81. The number of nitrogens with zero attached hydrogens (tertiary/aromatic N) is 4. The molecule has 0 amide bonds. The topological polar surface area (TPSA) is 13.0 Å². The average Bonchev–Trinajstić information content (AvgIpc) is 2.50. The molecule has 2 atom stereocenters. The highest BCUT2D eigenvalue weighted by Gasteiger charge is 2.44. The molecule has 0 N–H and O–H groups in total. The first-order valence-corrected chi connectivity index (χ1v) is 11.0. The van der Waals surface area contributed by atoms with E-state index < -0.39 is 0 Å². The first-order valence-electron chi connectivity index (χ1n) is 11.0. The van der Waals surface area contributed by atoms with Crippen molar-refractivity contribution in [3.63, 3.8) is 0 Å². The van der Waals surface area contributed by atoms with Gasteiger partial charge in [0.05, 0.1) is 0 Å². The third-order valence-corrected chi connectivity index (χ3v) is 6.81. The normalized spacial score (nSPS) is 36.0. The minimum absolute atomic E-state index is 0.777. The van der Waals surface area contributed by atoms with Crippen molar-refractivity contribution in [1.82, 2.24) is 20.3 Å². The second-order valence-electron chi connectivity index (χ2n) is 8.47. The van der Waals surface area contributed by atoms with Gasteiger partial charge in [0.2, 0.25) is 0 Å². The van der Waals surface area contributed by atoms with Gasteiger partial charge < -0.3 is 0 Å². The van der Waals surface area contributed by atoms with Gasteiger partial charge in [-0.15, -0.1) is 0 Å². The minimum Gasteiger partial charge on any atom is -0.222 e. The lowest BCUT2D eigenvalue weighted by Crippen LogP contribution is -2.74. The van der Waals surface area contributed by atoms with Crippen molar-refractivity contribution in [3.8, 4) is 0 Å². The highest BCUT2D eigenvalue weighted by molar-refractivity contribution is 4.90. The van der Waals surface area contributed by atoms with Gasteiger partial charge in [-0.3, -0.25) is 0 Å². The fraction of sp³-hybridized carbons (Fsp3) is 1.00. The highest BCUT2D eigenvalue weighted by atomic mass is 16.0. The van der Waals surface area contributed by atoms with Gasteiger partial charge in [-0.2, -0.15) is 10.2 Å². The molecule has 0 aromatic carbocycles. The molecule has 4 nitrogen and oxygen atoms in total. The van der Waals surface area contributed by atoms with E-state index in [4.69, 9.17) is 0 Å². The predicted octanol–water partition coefficient (Wildman–Crippen LogP) is 4.19. The van der Waals surface area contributed by atoms with Crippen LogP contribution in [0.2, 0.25) is 0 Å². The van der Waals surface area contributed by atoms with Gasteiger partial charge in [0.15, 0.2) is 0 Å². The molecule has 4 rings (SSSR count). The monoisotopic (exact) mass is 334 g/mol. The lowest BCUT2D eigenvalue weighted by molar-refractivity contribution is -0.352. The standard InChI is InChI=1S/C20H38N4/c1-2-8-14-20-19(13-7-1)21-15-9-3-5-11-17-23(21)24-18-12-6-4-10-16-22(20)24/h19-20H,1-18H2. The number of fused-ring (bicyclic) bond motifs is 6. The molecule has 3 saturated heterocycles. The van der Waals surface area contributed by atoms with E-state index in [1.807, 2.05) is 0 Å². The molecule has 0 aromatic rings. The van der Waals surface area contributed by atoms with Crippen molar-refractivity contribution in [1.29, 1.82) is 0 Å². The SMILES string of the molecule is C1CCCC2C(CC1)N1CCCCCCN1N1CCCCCCN21. The van der Waals surface area contributed by atoms with E-state index in [9.17, 15) is 0 Å². The van der Waals surface area contributed by atoms with Crippen molar-refractivity contribution in [3.05, 3.63) is 0 Å². The molecule has 0 bridgehead atoms. The minimum atomic E-state index is 0.777. The number of hydrogen-bond donors (Lipinski definition) is 0. The number of hydrazine groups is 3. The Morgan fingerprint density at radius 2 is 0.750 bits per heavy atom. The Morgan fingerprint density at radius 1 is 0.375 bits per heavy atom. The molecule has 3 heterocycles. The molecular weight excluding hydrogens is 296 g/mol. The van der Waals surface area contributed by atoms with Crippen LogP contribution in [-0.2, 0) is 0 Å². The summed E-state index contributed by atoms with van der Waals surface area (Å²) in [5.41, 5.74) is 0. The van der Waals surface area contributed by atoms with Crippen molar-refractivity contribution >= 4 is 0 Å². The van der Waals surface area contributed by atoms with Gasteiger partial charge in [0.1, 0.15) is 0 Å². The van der Waals surface area contributed by atoms with Crippen molar-refractivity contribution in [2.45, 2.75) is 102 Å². The van der Waals surface area contributed by atoms with Crippen molar-refractivity contribution in [2.24, 2.45) is 0 Å². The van der Waals surface area contributed by atoms with E-state index in [-0.39, 0.29) is 0 Å². The van der Waals surface area contributed by atoms with E-state index in [2.05, 4.69) is 20.3 Å². The lowest BCUT2D eigenvalue weighted by Gasteiger charge is -2.60. The van der Waals surface area contributed by atoms with Gasteiger partial charge in [-0.25, -0.2) is 10.0 Å². The largest absolute Gasteiger partial charge is 0.222 e. The Balaban J connectivity index is 1.62. The summed E-state index contributed by atoms with van der Waals surface area (Å²) in [7, 11) is 0. The zero-order valence-electron chi connectivity index (χ0n) is 15.7. The number of rotatable bonds is 0. The zero-order chi connectivity index (χ0) is 16.2. The van der Waals surface area contributed by atoms with E-state index in [1.54, 1.807) is 0 Å². The summed E-state index contributed by atoms with van der Waals surface area (Å²) >= 11 is 0. The van der Waals surface area contributed by atoms with E-state index in [0.717, 1.165) is 12.1 Å². The summed E-state index contributed by atoms with van der Waals surface area (Å²) in [5, 5.41) is 11.1. The number of hydrogen-bond acceptors (Lipinski definition) is 4. The smallest absolute Gasteiger partial charge is 0.0429 e. The van der Waals surface area contributed by atoms with Gasteiger partial charge in [0.25, 0.3) is 0 Å². The van der Waals surface area contributed by atoms with E-state index >= 15 is 0 Å². The average molecular weight is 335 g/mol. The first-order chi connectivity index (χ1) is 11.9. The molecule has 0 aromatic heterocycles. The molecule has 24 heavy (non-hydrogen) atoms. The van der Waals surface area contributed by atoms with E-state index in [0.29, 0.717) is 0 Å². The maximum Gasteiger partial charge on any atom is 0.0429 e. The highest BCUT2D eigenvalue weighted by Crippen LogP contribution is 2.35. The summed E-state index contributed by atoms with van der Waals surface area (Å²) in [6.07, 6.45) is 19.9. The summed E-state index contributed by atoms with van der Waals surface area (Å²) in [6.45, 7) is 5.09. The van der Waals surface area contributed by atoms with Gasteiger partial charge in [-0.1, -0.05) is 51.4 Å². The molecule has 4 heteroatoms. The molecule has 3 aliphatic heterocycles. The van der Waals surface area contributed by atoms with Crippen LogP contribution in [0.1, 0.15) is 89.9 Å². The van der Waals surface area contributed by atoms with Crippen LogP contribution in [0.3, 0.4) is 0 Å². The Hall–Kier alpha value is -0.160. The van der Waals surface area contributed by atoms with Crippen LogP contribution >= 0.6 is 0 Å². The summed E-state index contributed by atoms with van der Waals surface area (Å²) in [6, 6.07) is 1.55. The molecular formula is C20H38N4. The second kappa shape index (κ2) is 8.48. The second-order valence-corrected chi connectivity index (χ2v) is 8.47. The molecule has 1 saturated carbocycles. The molecule has 2 unspecified atom stereocenters. The third kappa shape index (κ3) is 3.67. The van der Waals surface area contributed by atoms with E-state index in [1.165, 1.54) is 116 Å². The molecule has 0 spiro atoms. The quantitative estimate of drug-likeness (QED) is 0.658. The Labute approximate surface area is 149 Å². The molecule has 1 aliphatic carbocycles. The Morgan fingerprint density at radius 3 is 1.21 bits per heavy atom. The van der Waals surface area contributed by atoms with Gasteiger partial charge in [0, 0.05) is 38.3 Å². The van der Waals surface area contributed by atoms with Crippen LogP contribution in [0.25, 0.3) is 0 Å². The van der Waals surface area contributed by atoms with Crippen LogP contribution in [-0.4, -0.2) is 58.5 Å². The van der Waals surface area contributed by atoms with Crippen molar-refractivity contribution in [2.75, 3.05) is 26.2 Å². The Bertz CT molecular complexity index is 283. The summed E-state index contributed by atoms with van der Waals surface area (Å²) in [5.74, 6) is 0. The molecule has 4 fully saturated rings. The summed E-state index contributed by atoms with van der Waals surface area (Å²) < 4.78 is 0. The van der Waals surface area contributed by atoms with Gasteiger partial charge in [-0.05, 0) is 38.5 Å². The molecule has 4 aliphatic rings. The molecule has 0 radical (unpaired) electrons. The van der Waals surface area contributed by atoms with Crippen molar-refractivity contribution < 1.29 is 0 Å². The Kier molecular flexibility index (Phi) is 6.10. The fourth-order valence-electron chi connectivity index (χ4n) is 5.56.